The summed E-state index contributed by atoms with van der Waals surface area (Å²) in [6.45, 7) is -2.24. The lowest BCUT2D eigenvalue weighted by Gasteiger charge is -2.47. The Labute approximate surface area is 305 Å². The maximum absolute atomic E-state index is 15.0. The van der Waals surface area contributed by atoms with Gasteiger partial charge in [0.15, 0.2) is 12.6 Å². The summed E-state index contributed by atoms with van der Waals surface area (Å²) in [5.74, 6) is -5.10. The summed E-state index contributed by atoms with van der Waals surface area (Å²) in [5, 5.41) is 84.9. The molecule has 31 heteroatoms. The number of rotatable bonds is 15. The van der Waals surface area contributed by atoms with Gasteiger partial charge in [-0.2, -0.15) is 0 Å². The number of hydrogen-bond acceptors (Lipinski definition) is 17. The third-order valence-electron chi connectivity index (χ3n) is 9.59. The fourth-order valence-electron chi connectivity index (χ4n) is 6.89. The van der Waals surface area contributed by atoms with Crippen molar-refractivity contribution in [2.24, 2.45) is 36.6 Å². The smallest absolute Gasteiger partial charge is 0.299 e. The van der Waals surface area contributed by atoms with Gasteiger partial charge >= 0.3 is 0 Å². The van der Waals surface area contributed by atoms with Crippen molar-refractivity contribution in [3.8, 4) is 0 Å². The first-order chi connectivity index (χ1) is 26.3. The Balaban J connectivity index is 1.68. The molecular weight excluding hydrogens is 754 g/mol. The normalized spacial score (nSPS) is 42.1. The predicted molar refractivity (Wildman–Crippen MR) is 170 cm³/mol. The third kappa shape index (κ3) is 9.22. The van der Waals surface area contributed by atoms with E-state index >= 15 is 8.78 Å². The Morgan fingerprint density at radius 2 is 1.22 bits per heavy atom. The molecule has 0 amide bonds. The molecule has 0 bridgehead atoms. The number of aliphatic hydroxyl groups excluding tert-OH is 6. The SMILES string of the molecule is [N-]=[N+]=NC[C@@H]1C[C@H](O[C@H]2[C@@H](O)[C@H](O[C@H]3[C@H](O[C@H]4O[C@H](CN=[N+]=[N-])C(F)(F)[C@H](O)C4N=[N+]=[N-])C(N=[N+]=[N-])CC(N=[N+]=[N-])[C@@H]3O)O[C@@H]2CO)C(N=[N+]=[N-])[C@@H](O)[C@@H]1O. The van der Waals surface area contributed by atoms with Crippen LogP contribution in [0.2, 0.25) is 0 Å². The van der Waals surface area contributed by atoms with Gasteiger partial charge in [0.05, 0.1) is 61.8 Å². The molecule has 6 N–H and O–H groups in total. The van der Waals surface area contributed by atoms with E-state index in [1.807, 2.05) is 0 Å². The molecule has 2 saturated carbocycles. The second kappa shape index (κ2) is 19.2. The molecule has 2 aliphatic carbocycles. The summed E-state index contributed by atoms with van der Waals surface area (Å²) in [4.78, 5) is 15.5. The van der Waals surface area contributed by atoms with Crippen LogP contribution in [-0.2, 0) is 23.7 Å². The van der Waals surface area contributed by atoms with E-state index in [-0.39, 0.29) is 13.0 Å². The molecule has 4 aliphatic rings. The first kappa shape index (κ1) is 43.0. The maximum Gasteiger partial charge on any atom is 0.299 e. The van der Waals surface area contributed by atoms with Crippen molar-refractivity contribution >= 4 is 0 Å². The van der Waals surface area contributed by atoms with Crippen molar-refractivity contribution in [1.82, 2.24) is 0 Å². The Morgan fingerprint density at radius 3 is 1.84 bits per heavy atom. The van der Waals surface area contributed by atoms with Crippen molar-refractivity contribution < 1.29 is 63.1 Å². The lowest BCUT2D eigenvalue weighted by Crippen LogP contribution is -2.65. The number of azide groups is 6. The molecule has 0 spiro atoms. The largest absolute Gasteiger partial charge is 0.394 e. The van der Waals surface area contributed by atoms with Crippen LogP contribution in [0, 0.1) is 5.92 Å². The molecule has 4 rings (SSSR count). The molecule has 0 aromatic heterocycles. The fourth-order valence-corrected chi connectivity index (χ4v) is 6.89. The second-order valence-corrected chi connectivity index (χ2v) is 12.6. The van der Waals surface area contributed by atoms with Crippen LogP contribution in [0.25, 0.3) is 62.7 Å². The van der Waals surface area contributed by atoms with E-state index in [1.165, 1.54) is 0 Å². The highest BCUT2D eigenvalue weighted by atomic mass is 19.3. The first-order valence-corrected chi connectivity index (χ1v) is 16.2. The molecule has 0 radical (unpaired) electrons. The molecule has 29 nitrogen and oxygen atoms in total. The van der Waals surface area contributed by atoms with E-state index in [9.17, 15) is 36.2 Å². The van der Waals surface area contributed by atoms with Crippen LogP contribution < -0.4 is 0 Å². The van der Waals surface area contributed by atoms with Crippen LogP contribution in [0.1, 0.15) is 12.8 Å². The van der Waals surface area contributed by atoms with Crippen molar-refractivity contribution in [3.05, 3.63) is 62.7 Å². The average molecular weight is 789 g/mol. The van der Waals surface area contributed by atoms with Crippen LogP contribution >= 0.6 is 0 Å². The second-order valence-electron chi connectivity index (χ2n) is 12.6. The molecule has 4 fully saturated rings. The quantitative estimate of drug-likeness (QED) is 0.0776. The zero-order valence-corrected chi connectivity index (χ0v) is 28.0. The number of hydrogen-bond donors (Lipinski definition) is 6. The standard InChI is InChI=1S/C24H34F2N18O11/c25-24(26)11(4-34-40-28)53-22(13(21(24)50)38-44-32)54-18-8(36-42-30)2-7(35-41-29)15(47)20(18)55-23-17(49)19(10(5-45)52-23)51-9-1-6(3-33-39-27)14(46)16(48)12(9)37-43-31/h6-23,45-50H,1-5H2/t6-,7?,8?,9-,10+,11+,12?,13?,14+,15-,16+,17+,18+,19+,20+,21+,22+,23-/m0/s1. The highest BCUT2D eigenvalue weighted by Crippen LogP contribution is 2.41. The van der Waals surface area contributed by atoms with Gasteiger partial charge < -0.3 is 54.3 Å². The zero-order valence-electron chi connectivity index (χ0n) is 28.0. The summed E-state index contributed by atoms with van der Waals surface area (Å²) in [5.41, 5.74) is 54.2. The summed E-state index contributed by atoms with van der Waals surface area (Å²) in [7, 11) is 0. The molecule has 4 unspecified atom stereocenters. The Morgan fingerprint density at radius 1 is 0.618 bits per heavy atom. The Kier molecular flexibility index (Phi) is 15.0. The van der Waals surface area contributed by atoms with Crippen molar-refractivity contribution in [2.45, 2.75) is 123 Å². The first-order valence-electron chi connectivity index (χ1n) is 16.2. The number of halogens is 2. The Bertz CT molecular complexity index is 1650. The minimum Gasteiger partial charge on any atom is -0.394 e. The number of ether oxygens (including phenoxy) is 5. The van der Waals surface area contributed by atoms with Crippen LogP contribution in [0.4, 0.5) is 8.78 Å². The van der Waals surface area contributed by atoms with E-state index in [0.29, 0.717) is 0 Å². The summed E-state index contributed by atoms with van der Waals surface area (Å²) >= 11 is 0. The monoisotopic (exact) mass is 788 g/mol. The van der Waals surface area contributed by atoms with Gasteiger partial charge in [0.25, 0.3) is 5.92 Å². The van der Waals surface area contributed by atoms with E-state index < -0.39 is 135 Å². The van der Waals surface area contributed by atoms with Crippen LogP contribution in [-0.4, -0.2) is 160 Å². The number of alkyl halides is 2. The molecular formula is C24H34F2N18O11. The molecule has 2 heterocycles. The molecule has 2 aliphatic heterocycles. The molecule has 55 heavy (non-hydrogen) atoms. The molecule has 0 aromatic rings. The van der Waals surface area contributed by atoms with Crippen molar-refractivity contribution in [2.75, 3.05) is 19.7 Å². The molecule has 300 valence electrons. The third-order valence-corrected chi connectivity index (χ3v) is 9.59. The van der Waals surface area contributed by atoms with Gasteiger partial charge in [0.1, 0.15) is 42.7 Å². The van der Waals surface area contributed by atoms with Gasteiger partial charge in [-0.25, -0.2) is 8.78 Å². The van der Waals surface area contributed by atoms with Crippen LogP contribution in [0.5, 0.6) is 0 Å². The number of aliphatic hydroxyl groups is 6. The van der Waals surface area contributed by atoms with Gasteiger partial charge in [-0.05, 0) is 51.9 Å². The van der Waals surface area contributed by atoms with E-state index in [4.69, 9.17) is 51.3 Å². The van der Waals surface area contributed by atoms with Crippen LogP contribution in [0.15, 0.2) is 30.7 Å². The lowest BCUT2D eigenvalue weighted by molar-refractivity contribution is -0.333. The van der Waals surface area contributed by atoms with Gasteiger partial charge in [0, 0.05) is 36.0 Å². The van der Waals surface area contributed by atoms with Gasteiger partial charge in [-0.3, -0.25) is 0 Å². The average Bonchev–Trinajstić information content (AvgIpc) is 3.46. The van der Waals surface area contributed by atoms with Crippen molar-refractivity contribution in [3.63, 3.8) is 0 Å². The minimum atomic E-state index is -4.17. The van der Waals surface area contributed by atoms with Gasteiger partial charge in [-0.1, -0.05) is 30.7 Å². The van der Waals surface area contributed by atoms with Gasteiger partial charge in [0.2, 0.25) is 0 Å². The zero-order chi connectivity index (χ0) is 40.4. The van der Waals surface area contributed by atoms with E-state index in [2.05, 4.69) is 60.2 Å². The van der Waals surface area contributed by atoms with Crippen LogP contribution in [0.3, 0.4) is 0 Å². The predicted octanol–water partition coefficient (Wildman–Crippen LogP) is 1.15. The highest BCUT2D eigenvalue weighted by Gasteiger charge is 2.60. The van der Waals surface area contributed by atoms with E-state index in [0.717, 1.165) is 0 Å². The maximum atomic E-state index is 15.0. The lowest BCUT2D eigenvalue weighted by atomic mass is 9.79. The molecule has 2 saturated heterocycles. The Hall–Kier alpha value is -4.72. The van der Waals surface area contributed by atoms with Crippen molar-refractivity contribution in [1.29, 1.82) is 0 Å². The highest BCUT2D eigenvalue weighted by molar-refractivity contribution is 5.06. The van der Waals surface area contributed by atoms with Gasteiger partial charge in [-0.15, -0.1) is 0 Å². The van der Waals surface area contributed by atoms with E-state index in [1.54, 1.807) is 0 Å². The summed E-state index contributed by atoms with van der Waals surface area (Å²) < 4.78 is 58.8. The molecule has 0 aromatic carbocycles. The topological polar surface area (TPSA) is 460 Å². The molecule has 18 atom stereocenters. The summed E-state index contributed by atoms with van der Waals surface area (Å²) in [6.07, 6.45) is -25.1. The number of nitrogens with zero attached hydrogens (tertiary/aromatic N) is 18. The summed E-state index contributed by atoms with van der Waals surface area (Å²) in [6, 6.07) is -6.63. The fraction of sp³-hybridized carbons (Fsp3) is 1.00. The minimum absolute atomic E-state index is 0.202.